The van der Waals surface area contributed by atoms with E-state index in [0.717, 1.165) is 38.2 Å². The largest absolute Gasteiger partial charge is 0.493 e. The first kappa shape index (κ1) is 16.3. The van der Waals surface area contributed by atoms with Crippen molar-refractivity contribution >= 4 is 11.6 Å². The van der Waals surface area contributed by atoms with Crippen LogP contribution in [0.5, 0.6) is 11.5 Å². The summed E-state index contributed by atoms with van der Waals surface area (Å²) in [4.78, 5) is 14.5. The van der Waals surface area contributed by atoms with Gasteiger partial charge in [-0.2, -0.15) is 5.10 Å². The van der Waals surface area contributed by atoms with E-state index in [4.69, 9.17) is 9.47 Å². The van der Waals surface area contributed by atoms with Crippen LogP contribution in [0.15, 0.2) is 23.3 Å². The zero-order valence-corrected chi connectivity index (χ0v) is 13.4. The molecule has 1 heterocycles. The number of piperidine rings is 1. The Balaban J connectivity index is 1.98. The molecule has 22 heavy (non-hydrogen) atoms. The second-order valence-corrected chi connectivity index (χ2v) is 5.12. The number of methoxy groups -OCH3 is 2. The van der Waals surface area contributed by atoms with Crippen molar-refractivity contribution in [1.29, 1.82) is 0 Å². The molecule has 1 aliphatic rings. The van der Waals surface area contributed by atoms with Crippen LogP contribution in [-0.4, -0.2) is 50.4 Å². The molecule has 1 fully saturated rings. The first-order chi connectivity index (χ1) is 10.7. The highest BCUT2D eigenvalue weighted by Crippen LogP contribution is 2.27. The quantitative estimate of drug-likeness (QED) is 0.844. The Morgan fingerprint density at radius 3 is 2.50 bits per heavy atom. The number of nitrogens with zero attached hydrogens (tertiary/aromatic N) is 2. The third-order valence-electron chi connectivity index (χ3n) is 3.84. The van der Waals surface area contributed by atoms with Gasteiger partial charge in [-0.1, -0.05) is 6.92 Å². The molecule has 0 bridgehead atoms. The fraction of sp³-hybridized carbons (Fsp3) is 0.500. The number of nitrogens with one attached hydrogen (secondary N) is 1. The first-order valence-electron chi connectivity index (χ1n) is 7.48. The molecule has 0 atom stereocenters. The fourth-order valence-electron chi connectivity index (χ4n) is 2.41. The maximum Gasteiger partial charge on any atom is 0.271 e. The molecule has 120 valence electrons. The van der Waals surface area contributed by atoms with Crippen molar-refractivity contribution in [3.63, 3.8) is 0 Å². The maximum atomic E-state index is 12.2. The summed E-state index contributed by atoms with van der Waals surface area (Å²) in [6.07, 6.45) is 1.81. The molecule has 1 amide bonds. The Labute approximate surface area is 131 Å². The lowest BCUT2D eigenvalue weighted by Crippen LogP contribution is -2.34. The van der Waals surface area contributed by atoms with Crippen LogP contribution in [-0.2, 0) is 0 Å². The minimum absolute atomic E-state index is 0.244. The summed E-state index contributed by atoms with van der Waals surface area (Å²) in [5, 5.41) is 4.24. The Hall–Kier alpha value is -2.08. The van der Waals surface area contributed by atoms with E-state index in [1.165, 1.54) is 0 Å². The summed E-state index contributed by atoms with van der Waals surface area (Å²) in [5.74, 6) is 0.878. The van der Waals surface area contributed by atoms with Crippen LogP contribution < -0.4 is 14.9 Å². The minimum Gasteiger partial charge on any atom is -0.493 e. The average molecular weight is 305 g/mol. The van der Waals surface area contributed by atoms with E-state index < -0.39 is 0 Å². The second kappa shape index (κ2) is 7.79. The molecular formula is C16H23N3O3. The van der Waals surface area contributed by atoms with E-state index in [1.54, 1.807) is 32.4 Å². The highest BCUT2D eigenvalue weighted by molar-refractivity contribution is 5.96. The van der Waals surface area contributed by atoms with Gasteiger partial charge in [0.2, 0.25) is 0 Å². The Morgan fingerprint density at radius 2 is 1.91 bits per heavy atom. The summed E-state index contributed by atoms with van der Waals surface area (Å²) in [6.45, 7) is 5.22. The normalized spacial score (nSPS) is 15.3. The highest BCUT2D eigenvalue weighted by atomic mass is 16.5. The second-order valence-electron chi connectivity index (χ2n) is 5.12. The standard InChI is InChI=1S/C16H23N3O3/c1-4-19-9-7-13(8-10-19)17-18-16(20)12-5-6-14(21-2)15(11-12)22-3/h5-6,11H,4,7-10H2,1-3H3,(H,18,20). The van der Waals surface area contributed by atoms with Crippen molar-refractivity contribution in [2.75, 3.05) is 33.9 Å². The molecule has 0 spiro atoms. The average Bonchev–Trinajstić information content (AvgIpc) is 2.59. The number of ether oxygens (including phenoxy) is 2. The lowest BCUT2D eigenvalue weighted by molar-refractivity contribution is 0.0954. The molecule has 0 aliphatic carbocycles. The number of likely N-dealkylation sites (tertiary alicyclic amines) is 1. The summed E-state index contributed by atoms with van der Waals surface area (Å²) >= 11 is 0. The zero-order valence-electron chi connectivity index (χ0n) is 13.4. The zero-order chi connectivity index (χ0) is 15.9. The number of rotatable bonds is 5. The van der Waals surface area contributed by atoms with Crippen LogP contribution >= 0.6 is 0 Å². The molecule has 0 unspecified atom stereocenters. The van der Waals surface area contributed by atoms with Gasteiger partial charge in [0.05, 0.1) is 14.2 Å². The SMILES string of the molecule is CCN1CCC(=NNC(=O)c2ccc(OC)c(OC)c2)CC1. The summed E-state index contributed by atoms with van der Waals surface area (Å²) < 4.78 is 10.4. The van der Waals surface area contributed by atoms with Crippen LogP contribution in [0.25, 0.3) is 0 Å². The van der Waals surface area contributed by atoms with Crippen LogP contribution in [0.2, 0.25) is 0 Å². The molecule has 0 saturated carbocycles. The monoisotopic (exact) mass is 305 g/mol. The van der Waals surface area contributed by atoms with E-state index in [-0.39, 0.29) is 5.91 Å². The molecule has 1 saturated heterocycles. The third kappa shape index (κ3) is 3.98. The molecule has 0 aromatic heterocycles. The minimum atomic E-state index is -0.244. The van der Waals surface area contributed by atoms with Gasteiger partial charge in [0.1, 0.15) is 0 Å². The summed E-state index contributed by atoms with van der Waals surface area (Å²) in [7, 11) is 3.10. The van der Waals surface area contributed by atoms with Crippen molar-refractivity contribution in [1.82, 2.24) is 10.3 Å². The van der Waals surface area contributed by atoms with E-state index in [1.807, 2.05) is 0 Å². The topological polar surface area (TPSA) is 63.2 Å². The van der Waals surface area contributed by atoms with Gasteiger partial charge in [0.25, 0.3) is 5.91 Å². The van der Waals surface area contributed by atoms with E-state index in [2.05, 4.69) is 22.4 Å². The van der Waals surface area contributed by atoms with Gasteiger partial charge in [0.15, 0.2) is 11.5 Å². The van der Waals surface area contributed by atoms with E-state index >= 15 is 0 Å². The number of hydrogen-bond acceptors (Lipinski definition) is 5. The van der Waals surface area contributed by atoms with Crippen LogP contribution in [0, 0.1) is 0 Å². The molecule has 1 aliphatic heterocycles. The van der Waals surface area contributed by atoms with Gasteiger partial charge in [0, 0.05) is 37.2 Å². The molecule has 2 rings (SSSR count). The van der Waals surface area contributed by atoms with Gasteiger partial charge >= 0.3 is 0 Å². The third-order valence-corrected chi connectivity index (χ3v) is 3.84. The van der Waals surface area contributed by atoms with Crippen molar-refractivity contribution in [3.8, 4) is 11.5 Å². The molecule has 6 nitrogen and oxygen atoms in total. The van der Waals surface area contributed by atoms with E-state index in [0.29, 0.717) is 17.1 Å². The molecule has 1 N–H and O–H groups in total. The highest BCUT2D eigenvalue weighted by Gasteiger charge is 2.14. The van der Waals surface area contributed by atoms with Crippen molar-refractivity contribution < 1.29 is 14.3 Å². The number of hydrogen-bond donors (Lipinski definition) is 1. The maximum absolute atomic E-state index is 12.2. The van der Waals surface area contributed by atoms with Crippen molar-refractivity contribution in [2.24, 2.45) is 5.10 Å². The lowest BCUT2D eigenvalue weighted by Gasteiger charge is -2.25. The molecule has 1 aromatic carbocycles. The van der Waals surface area contributed by atoms with Gasteiger partial charge in [-0.05, 0) is 24.7 Å². The smallest absolute Gasteiger partial charge is 0.271 e. The molecule has 1 aromatic rings. The van der Waals surface area contributed by atoms with Crippen LogP contribution in [0.3, 0.4) is 0 Å². The predicted octanol–water partition coefficient (Wildman–Crippen LogP) is 1.91. The molecule has 0 radical (unpaired) electrons. The summed E-state index contributed by atoms with van der Waals surface area (Å²) in [6, 6.07) is 5.05. The Bertz CT molecular complexity index is 548. The number of benzene rings is 1. The van der Waals surface area contributed by atoms with Gasteiger partial charge < -0.3 is 14.4 Å². The van der Waals surface area contributed by atoms with Crippen LogP contribution in [0.4, 0.5) is 0 Å². The van der Waals surface area contributed by atoms with Crippen molar-refractivity contribution in [2.45, 2.75) is 19.8 Å². The first-order valence-corrected chi connectivity index (χ1v) is 7.48. The van der Waals surface area contributed by atoms with Gasteiger partial charge in [-0.15, -0.1) is 0 Å². The number of amides is 1. The molecular weight excluding hydrogens is 282 g/mol. The van der Waals surface area contributed by atoms with Crippen molar-refractivity contribution in [3.05, 3.63) is 23.8 Å². The van der Waals surface area contributed by atoms with Crippen LogP contribution in [0.1, 0.15) is 30.1 Å². The Morgan fingerprint density at radius 1 is 1.23 bits per heavy atom. The lowest BCUT2D eigenvalue weighted by atomic mass is 10.1. The van der Waals surface area contributed by atoms with Gasteiger partial charge in [-0.25, -0.2) is 5.43 Å². The number of carbonyl (C=O) groups excluding carboxylic acids is 1. The Kier molecular flexibility index (Phi) is 5.77. The number of hydrazone groups is 1. The van der Waals surface area contributed by atoms with E-state index in [9.17, 15) is 4.79 Å². The fourth-order valence-corrected chi connectivity index (χ4v) is 2.41. The predicted molar refractivity (Wildman–Crippen MR) is 85.8 cm³/mol. The summed E-state index contributed by atoms with van der Waals surface area (Å²) in [5.41, 5.74) is 4.16. The molecule has 6 heteroatoms. The number of carbonyl (C=O) groups is 1. The van der Waals surface area contributed by atoms with Gasteiger partial charge in [-0.3, -0.25) is 4.79 Å².